The largest absolute Gasteiger partial charge is 0.508 e. The van der Waals surface area contributed by atoms with Crippen molar-refractivity contribution in [1.29, 1.82) is 5.26 Å². The van der Waals surface area contributed by atoms with Gasteiger partial charge in [0.2, 0.25) is 6.41 Å². The summed E-state index contributed by atoms with van der Waals surface area (Å²) in [5.41, 5.74) is 1.74. The van der Waals surface area contributed by atoms with Crippen LogP contribution < -0.4 is 10.2 Å². The highest BCUT2D eigenvalue weighted by Crippen LogP contribution is 2.29. The molecule has 0 saturated heterocycles. The highest BCUT2D eigenvalue weighted by Gasteiger charge is 2.19. The lowest BCUT2D eigenvalue weighted by Gasteiger charge is -2.21. The number of rotatable bonds is 5. The molecule has 2 N–H and O–H groups in total. The number of benzene rings is 3. The molecule has 0 aliphatic heterocycles. The van der Waals surface area contributed by atoms with Crippen molar-refractivity contribution in [2.24, 2.45) is 0 Å². The Bertz CT molecular complexity index is 1130. The first-order valence-electron chi connectivity index (χ1n) is 8.46. The summed E-state index contributed by atoms with van der Waals surface area (Å²) >= 11 is 0. The van der Waals surface area contributed by atoms with Gasteiger partial charge in [-0.2, -0.15) is 5.26 Å². The Balaban J connectivity index is 2.04. The smallest absolute Gasteiger partial charge is 0.274 e. The molecule has 0 saturated carbocycles. The van der Waals surface area contributed by atoms with Crippen molar-refractivity contribution in [2.75, 3.05) is 11.9 Å². The van der Waals surface area contributed by atoms with Gasteiger partial charge in [0.05, 0.1) is 17.3 Å². The summed E-state index contributed by atoms with van der Waals surface area (Å²) in [7, 11) is 1.60. The number of amides is 2. The highest BCUT2D eigenvalue weighted by atomic mass is 16.3. The first-order valence-corrected chi connectivity index (χ1v) is 8.46. The molecule has 0 fully saturated rings. The molecule has 0 unspecified atom stereocenters. The number of anilines is 1. The highest BCUT2D eigenvalue weighted by molar-refractivity contribution is 6.13. The lowest BCUT2D eigenvalue weighted by Crippen LogP contribution is -2.33. The zero-order valence-electron chi connectivity index (χ0n) is 15.1. The van der Waals surface area contributed by atoms with Crippen molar-refractivity contribution in [3.63, 3.8) is 0 Å². The maximum Gasteiger partial charge on any atom is 0.274 e. The number of carbonyl (C=O) groups excluding carboxylic acids is 2. The molecule has 0 aromatic heterocycles. The van der Waals surface area contributed by atoms with Crippen molar-refractivity contribution in [2.45, 2.75) is 0 Å². The van der Waals surface area contributed by atoms with Gasteiger partial charge >= 0.3 is 0 Å². The molecule has 3 rings (SSSR count). The molecule has 3 aromatic rings. The van der Waals surface area contributed by atoms with Gasteiger partial charge in [0.25, 0.3) is 5.91 Å². The van der Waals surface area contributed by atoms with Gasteiger partial charge in [0.1, 0.15) is 11.4 Å². The molecule has 0 bridgehead atoms. The minimum Gasteiger partial charge on any atom is -0.508 e. The van der Waals surface area contributed by atoms with E-state index >= 15 is 0 Å². The second-order valence-corrected chi connectivity index (χ2v) is 6.07. The van der Waals surface area contributed by atoms with Gasteiger partial charge in [-0.25, -0.2) is 0 Å². The number of phenols is 1. The Morgan fingerprint density at radius 1 is 1.11 bits per heavy atom. The Morgan fingerprint density at radius 3 is 2.54 bits per heavy atom. The Hall–Kier alpha value is -4.11. The number of phenolic OH excluding ortho intramolecular Hbond substituents is 1. The van der Waals surface area contributed by atoms with Gasteiger partial charge in [0.15, 0.2) is 0 Å². The molecule has 138 valence electrons. The summed E-state index contributed by atoms with van der Waals surface area (Å²) in [6, 6.07) is 19.2. The molecule has 28 heavy (non-hydrogen) atoms. The van der Waals surface area contributed by atoms with Crippen LogP contribution in [-0.4, -0.2) is 24.5 Å². The normalized spacial score (nSPS) is 10.9. The van der Waals surface area contributed by atoms with E-state index < -0.39 is 5.91 Å². The average Bonchev–Trinajstić information content (AvgIpc) is 2.71. The van der Waals surface area contributed by atoms with E-state index in [1.807, 2.05) is 24.3 Å². The molecule has 0 spiro atoms. The quantitative estimate of drug-likeness (QED) is 0.532. The topological polar surface area (TPSA) is 93.4 Å². The number of nitriles is 1. The molecular formula is C22H17N3O3. The molecule has 0 aliphatic rings. The molecule has 0 heterocycles. The maximum absolute atomic E-state index is 13.0. The molecular weight excluding hydrogens is 354 g/mol. The summed E-state index contributed by atoms with van der Waals surface area (Å²) in [4.78, 5) is 25.5. The van der Waals surface area contributed by atoms with Crippen molar-refractivity contribution in [3.05, 3.63) is 77.5 Å². The van der Waals surface area contributed by atoms with Crippen molar-refractivity contribution < 1.29 is 14.7 Å². The van der Waals surface area contributed by atoms with E-state index in [1.54, 1.807) is 31.3 Å². The van der Waals surface area contributed by atoms with Crippen molar-refractivity contribution >= 4 is 34.9 Å². The van der Waals surface area contributed by atoms with E-state index in [1.165, 1.54) is 23.1 Å². The van der Waals surface area contributed by atoms with E-state index in [9.17, 15) is 20.0 Å². The fraction of sp³-hybridized carbons (Fsp3) is 0.0455. The van der Waals surface area contributed by atoms with E-state index in [0.717, 1.165) is 10.8 Å². The molecule has 0 atom stereocenters. The third-order valence-electron chi connectivity index (χ3n) is 4.31. The van der Waals surface area contributed by atoms with Crippen LogP contribution in [0.15, 0.2) is 66.4 Å². The predicted octanol–water partition coefficient (Wildman–Crippen LogP) is 3.17. The fourth-order valence-corrected chi connectivity index (χ4v) is 2.97. The average molecular weight is 371 g/mol. The zero-order valence-corrected chi connectivity index (χ0v) is 15.1. The molecule has 6 heteroatoms. The van der Waals surface area contributed by atoms with Crippen LogP contribution in [0.2, 0.25) is 0 Å². The summed E-state index contributed by atoms with van der Waals surface area (Å²) in [5, 5.41) is 22.8. The van der Waals surface area contributed by atoms with Gasteiger partial charge in [-0.05, 0) is 35.9 Å². The second-order valence-electron chi connectivity index (χ2n) is 6.07. The first kappa shape index (κ1) is 18.7. The summed E-state index contributed by atoms with van der Waals surface area (Å²) in [6.07, 6.45) is 1.91. The van der Waals surface area contributed by atoms with Gasteiger partial charge in [-0.3, -0.25) is 9.59 Å². The Kier molecular flexibility index (Phi) is 5.38. The van der Waals surface area contributed by atoms with Gasteiger partial charge in [-0.15, -0.1) is 0 Å². The monoisotopic (exact) mass is 371 g/mol. The lowest BCUT2D eigenvalue weighted by molar-refractivity contribution is -0.117. The third-order valence-corrected chi connectivity index (χ3v) is 4.31. The number of aromatic hydroxyl groups is 1. The van der Waals surface area contributed by atoms with Crippen LogP contribution in [0.1, 0.15) is 11.1 Å². The Morgan fingerprint density at radius 2 is 1.86 bits per heavy atom. The molecule has 0 radical (unpaired) electrons. The Labute approximate surface area is 161 Å². The molecule has 0 aliphatic carbocycles. The van der Waals surface area contributed by atoms with Crippen LogP contribution in [0.25, 0.3) is 16.8 Å². The van der Waals surface area contributed by atoms with Gasteiger partial charge in [-0.1, -0.05) is 36.4 Å². The van der Waals surface area contributed by atoms with Crippen LogP contribution >= 0.6 is 0 Å². The van der Waals surface area contributed by atoms with Crippen LogP contribution in [0, 0.1) is 11.3 Å². The molecule has 3 aromatic carbocycles. The fourth-order valence-electron chi connectivity index (χ4n) is 2.97. The van der Waals surface area contributed by atoms with Crippen molar-refractivity contribution in [1.82, 2.24) is 5.32 Å². The second kappa shape index (κ2) is 8.06. The van der Waals surface area contributed by atoms with Crippen LogP contribution in [0.4, 0.5) is 5.69 Å². The van der Waals surface area contributed by atoms with E-state index in [0.29, 0.717) is 23.2 Å². The molecule has 6 nitrogen and oxygen atoms in total. The summed E-state index contributed by atoms with van der Waals surface area (Å²) in [5.74, 6) is -0.386. The van der Waals surface area contributed by atoms with Gasteiger partial charge < -0.3 is 15.3 Å². The van der Waals surface area contributed by atoms with Gasteiger partial charge in [0, 0.05) is 17.8 Å². The number of fused-ring (bicyclic) bond motifs is 1. The van der Waals surface area contributed by atoms with E-state index in [2.05, 4.69) is 11.4 Å². The minimum atomic E-state index is -0.440. The van der Waals surface area contributed by atoms with E-state index in [-0.39, 0.29) is 11.4 Å². The standard InChI is InChI=1S/C22H17N3O3/c1-25(21-10-9-16(13-23)18-7-2-3-8-19(18)21)22(28)20(24-14-26)12-15-5-4-6-17(27)11-15/h2-12,14,27H,1H3,(H,24,26)/b20-12-. The van der Waals surface area contributed by atoms with E-state index in [4.69, 9.17) is 0 Å². The minimum absolute atomic E-state index is 0.0524. The van der Waals surface area contributed by atoms with Crippen LogP contribution in [-0.2, 0) is 9.59 Å². The number of likely N-dealkylation sites (N-methyl/N-ethyl adjacent to an activating group) is 1. The third kappa shape index (κ3) is 3.69. The maximum atomic E-state index is 13.0. The predicted molar refractivity (Wildman–Crippen MR) is 107 cm³/mol. The summed E-state index contributed by atoms with van der Waals surface area (Å²) < 4.78 is 0. The number of hydrogen-bond donors (Lipinski definition) is 2. The zero-order chi connectivity index (χ0) is 20.1. The number of nitrogens with zero attached hydrogens (tertiary/aromatic N) is 2. The van der Waals surface area contributed by atoms with Crippen LogP contribution in [0.3, 0.4) is 0 Å². The first-order chi connectivity index (χ1) is 13.5. The number of carbonyl (C=O) groups is 2. The number of nitrogens with one attached hydrogen (secondary N) is 1. The van der Waals surface area contributed by atoms with Crippen molar-refractivity contribution in [3.8, 4) is 11.8 Å². The lowest BCUT2D eigenvalue weighted by atomic mass is 10.0. The molecule has 2 amide bonds. The van der Waals surface area contributed by atoms with Crippen LogP contribution in [0.5, 0.6) is 5.75 Å². The summed E-state index contributed by atoms with van der Waals surface area (Å²) in [6.45, 7) is 0. The SMILES string of the molecule is CN(C(=O)/C(=C/c1cccc(O)c1)NC=O)c1ccc(C#N)c2ccccc12. The number of hydrogen-bond acceptors (Lipinski definition) is 4.